The maximum atomic E-state index is 14.3. The number of carbonyl (C=O) groups excluding carboxylic acids is 2. The van der Waals surface area contributed by atoms with Gasteiger partial charge in [0, 0.05) is 32.1 Å². The van der Waals surface area contributed by atoms with Crippen molar-refractivity contribution in [2.24, 2.45) is 0 Å². The summed E-state index contributed by atoms with van der Waals surface area (Å²) in [6, 6.07) is 1.54. The summed E-state index contributed by atoms with van der Waals surface area (Å²) < 4.78 is 28.2. The monoisotopic (exact) mass is 366 g/mol. The maximum absolute atomic E-state index is 14.3. The number of nitrogen functional groups attached to an aromatic ring is 1. The average Bonchev–Trinajstić information content (AvgIpc) is 2.63. The number of carbonyl (C=O) groups is 2. The Kier molecular flexibility index (Phi) is 6.31. The van der Waals surface area contributed by atoms with Gasteiger partial charge in [-0.2, -0.15) is 0 Å². The van der Waals surface area contributed by atoms with E-state index >= 15 is 0 Å². The lowest BCUT2D eigenvalue weighted by Gasteiger charge is -2.36. The number of halogens is 2. The molecule has 2 amide bonds. The Morgan fingerprint density at radius 3 is 2.42 bits per heavy atom. The van der Waals surface area contributed by atoms with Crippen LogP contribution in [0.1, 0.15) is 18.4 Å². The zero-order valence-electron chi connectivity index (χ0n) is 15.0. The second-order valence-electron chi connectivity index (χ2n) is 6.48. The van der Waals surface area contributed by atoms with Gasteiger partial charge in [0.2, 0.25) is 11.8 Å². The number of nitrogens with zero attached hydrogens (tertiary/aromatic N) is 2. The van der Waals surface area contributed by atoms with E-state index in [2.05, 4.69) is 16.8 Å². The van der Waals surface area contributed by atoms with Gasteiger partial charge in [0.15, 0.2) is 11.6 Å². The van der Waals surface area contributed by atoms with E-state index in [0.29, 0.717) is 26.2 Å². The number of nitrogens with one attached hydrogen (secondary N) is 1. The number of likely N-dealkylation sites (N-methyl/N-ethyl adjacent to an activating group) is 1. The van der Waals surface area contributed by atoms with E-state index in [0.717, 1.165) is 6.08 Å². The third-order valence-electron chi connectivity index (χ3n) is 4.70. The number of anilines is 1. The minimum absolute atomic E-state index is 0.0199. The van der Waals surface area contributed by atoms with Crippen LogP contribution in [0.5, 0.6) is 0 Å². The Hall–Kier alpha value is -2.48. The second-order valence-corrected chi connectivity index (χ2v) is 6.48. The van der Waals surface area contributed by atoms with Crippen molar-refractivity contribution in [3.8, 4) is 0 Å². The van der Waals surface area contributed by atoms with Crippen LogP contribution in [0.4, 0.5) is 14.5 Å². The van der Waals surface area contributed by atoms with Gasteiger partial charge in [0.25, 0.3) is 0 Å². The molecule has 0 bridgehead atoms. The lowest BCUT2D eigenvalue weighted by molar-refractivity contribution is -0.137. The minimum Gasteiger partial charge on any atom is -0.396 e. The first-order valence-electron chi connectivity index (χ1n) is 8.39. The Balaban J connectivity index is 2.31. The van der Waals surface area contributed by atoms with Gasteiger partial charge in [-0.05, 0) is 24.8 Å². The van der Waals surface area contributed by atoms with Crippen molar-refractivity contribution in [2.45, 2.75) is 18.9 Å². The molecule has 0 aromatic heterocycles. The van der Waals surface area contributed by atoms with Crippen molar-refractivity contribution in [1.29, 1.82) is 0 Å². The number of hydrogen-bond donors (Lipinski definition) is 2. The van der Waals surface area contributed by atoms with E-state index in [4.69, 9.17) is 5.73 Å². The highest BCUT2D eigenvalue weighted by Gasteiger charge is 2.34. The third-order valence-corrected chi connectivity index (χ3v) is 4.70. The van der Waals surface area contributed by atoms with Crippen LogP contribution in [0.3, 0.4) is 0 Å². The van der Waals surface area contributed by atoms with Gasteiger partial charge in [-0.15, -0.1) is 0 Å². The molecular formula is C18H24F2N4O2. The molecule has 0 unspecified atom stereocenters. The van der Waals surface area contributed by atoms with Crippen molar-refractivity contribution >= 4 is 17.5 Å². The first kappa shape index (κ1) is 19.8. The SMILES string of the molecule is C=CC(=O)N[C@@H](C(=O)N1CCN(C)CC1)[C@@H](C)c1ccc(N)c(F)c1F. The Morgan fingerprint density at radius 1 is 1.23 bits per heavy atom. The zero-order chi connectivity index (χ0) is 19.4. The van der Waals surface area contributed by atoms with Crippen LogP contribution in [0.25, 0.3) is 0 Å². The fourth-order valence-electron chi connectivity index (χ4n) is 2.95. The van der Waals surface area contributed by atoms with Gasteiger partial charge < -0.3 is 20.9 Å². The highest BCUT2D eigenvalue weighted by molar-refractivity contribution is 5.93. The van der Waals surface area contributed by atoms with Crippen LogP contribution in [-0.4, -0.2) is 60.9 Å². The van der Waals surface area contributed by atoms with Gasteiger partial charge in [0.1, 0.15) is 6.04 Å². The van der Waals surface area contributed by atoms with E-state index in [1.54, 1.807) is 11.8 Å². The number of piperazine rings is 1. The van der Waals surface area contributed by atoms with Crippen LogP contribution in [0.2, 0.25) is 0 Å². The first-order valence-corrected chi connectivity index (χ1v) is 8.39. The highest BCUT2D eigenvalue weighted by Crippen LogP contribution is 2.28. The lowest BCUT2D eigenvalue weighted by atomic mass is 9.91. The van der Waals surface area contributed by atoms with E-state index in [1.807, 2.05) is 7.05 Å². The summed E-state index contributed by atoms with van der Waals surface area (Å²) in [6.45, 7) is 7.35. The van der Waals surface area contributed by atoms with Crippen LogP contribution in [0, 0.1) is 11.6 Å². The number of rotatable bonds is 5. The normalized spacial score (nSPS) is 17.5. The molecule has 1 fully saturated rings. The molecule has 0 radical (unpaired) electrons. The molecule has 3 N–H and O–H groups in total. The number of hydrogen-bond acceptors (Lipinski definition) is 4. The third kappa shape index (κ3) is 4.19. The fourth-order valence-corrected chi connectivity index (χ4v) is 2.95. The summed E-state index contributed by atoms with van der Waals surface area (Å²) >= 11 is 0. The molecule has 26 heavy (non-hydrogen) atoms. The molecule has 1 aliphatic heterocycles. The summed E-state index contributed by atoms with van der Waals surface area (Å²) in [4.78, 5) is 28.5. The number of amides is 2. The molecule has 0 aliphatic carbocycles. The van der Waals surface area contributed by atoms with Gasteiger partial charge >= 0.3 is 0 Å². The molecule has 6 nitrogen and oxygen atoms in total. The van der Waals surface area contributed by atoms with Crippen molar-refractivity contribution in [2.75, 3.05) is 39.0 Å². The molecule has 2 rings (SSSR count). The molecule has 0 saturated carbocycles. The highest BCUT2D eigenvalue weighted by atomic mass is 19.2. The van der Waals surface area contributed by atoms with Crippen LogP contribution >= 0.6 is 0 Å². The van der Waals surface area contributed by atoms with E-state index in [1.165, 1.54) is 12.1 Å². The van der Waals surface area contributed by atoms with Gasteiger partial charge in [-0.1, -0.05) is 19.6 Å². The van der Waals surface area contributed by atoms with E-state index in [-0.39, 0.29) is 17.2 Å². The average molecular weight is 366 g/mol. The molecule has 0 spiro atoms. The maximum Gasteiger partial charge on any atom is 0.245 e. The summed E-state index contributed by atoms with van der Waals surface area (Å²) in [5, 5.41) is 2.55. The van der Waals surface area contributed by atoms with E-state index in [9.17, 15) is 18.4 Å². The van der Waals surface area contributed by atoms with Crippen LogP contribution < -0.4 is 11.1 Å². The van der Waals surface area contributed by atoms with Gasteiger partial charge in [-0.25, -0.2) is 8.78 Å². The van der Waals surface area contributed by atoms with Gasteiger partial charge in [-0.3, -0.25) is 9.59 Å². The largest absolute Gasteiger partial charge is 0.396 e. The number of nitrogens with two attached hydrogens (primary N) is 1. The Labute approximate surface area is 151 Å². The van der Waals surface area contributed by atoms with Crippen molar-refractivity contribution in [3.05, 3.63) is 42.0 Å². The van der Waals surface area contributed by atoms with Crippen LogP contribution in [0.15, 0.2) is 24.8 Å². The molecule has 1 aliphatic rings. The topological polar surface area (TPSA) is 78.7 Å². The van der Waals surface area contributed by atoms with Crippen molar-refractivity contribution < 1.29 is 18.4 Å². The standard InChI is InChI=1S/C18H24F2N4O2/c1-4-14(25)22-17(18(26)24-9-7-23(3)8-10-24)11(2)12-5-6-13(21)16(20)15(12)19/h4-6,11,17H,1,7-10,21H2,2-3H3,(H,22,25)/t11-,17+/m0/s1. The second kappa shape index (κ2) is 8.27. The molecule has 1 aromatic carbocycles. The quantitative estimate of drug-likeness (QED) is 0.604. The number of benzene rings is 1. The fraction of sp³-hybridized carbons (Fsp3) is 0.444. The van der Waals surface area contributed by atoms with Crippen molar-refractivity contribution in [1.82, 2.24) is 15.1 Å². The zero-order valence-corrected chi connectivity index (χ0v) is 15.0. The molecule has 1 heterocycles. The molecule has 142 valence electrons. The minimum atomic E-state index is -1.16. The summed E-state index contributed by atoms with van der Waals surface area (Å²) in [5.74, 6) is -3.95. The van der Waals surface area contributed by atoms with Gasteiger partial charge in [0.05, 0.1) is 5.69 Å². The summed E-state index contributed by atoms with van der Waals surface area (Å²) in [5.41, 5.74) is 5.05. The lowest BCUT2D eigenvalue weighted by Crippen LogP contribution is -2.55. The molecule has 2 atom stereocenters. The predicted molar refractivity (Wildman–Crippen MR) is 95.4 cm³/mol. The van der Waals surface area contributed by atoms with Crippen molar-refractivity contribution in [3.63, 3.8) is 0 Å². The molecular weight excluding hydrogens is 342 g/mol. The van der Waals surface area contributed by atoms with E-state index < -0.39 is 29.5 Å². The predicted octanol–water partition coefficient (Wildman–Crippen LogP) is 1.10. The Morgan fingerprint density at radius 2 is 1.85 bits per heavy atom. The molecule has 8 heteroatoms. The smallest absolute Gasteiger partial charge is 0.245 e. The molecule has 1 aromatic rings. The summed E-state index contributed by atoms with van der Waals surface area (Å²) in [6.07, 6.45) is 1.04. The van der Waals surface area contributed by atoms with Crippen LogP contribution in [-0.2, 0) is 9.59 Å². The summed E-state index contributed by atoms with van der Waals surface area (Å²) in [7, 11) is 1.95. The molecule has 1 saturated heterocycles. The first-order chi connectivity index (χ1) is 12.3. The Bertz CT molecular complexity index is 703.